The zero-order chi connectivity index (χ0) is 21.6. The van der Waals surface area contributed by atoms with Crippen molar-refractivity contribution in [3.63, 3.8) is 0 Å². The molecule has 0 rings (SSSR count). The fourth-order valence-corrected chi connectivity index (χ4v) is 1.71. The molecule has 4 atom stereocenters. The highest BCUT2D eigenvalue weighted by molar-refractivity contribution is 5.89. The van der Waals surface area contributed by atoms with Crippen LogP contribution in [0.1, 0.15) is 34.1 Å². The first-order valence-corrected chi connectivity index (χ1v) is 8.97. The van der Waals surface area contributed by atoms with Gasteiger partial charge in [0.15, 0.2) is 0 Å². The maximum absolute atomic E-state index is 11.4. The quantitative estimate of drug-likeness (QED) is 0.272. The zero-order valence-electron chi connectivity index (χ0n) is 17.6. The minimum Gasteiger partial charge on any atom is -0.357 e. The molecule has 0 fully saturated rings. The number of hydrogen-bond donors (Lipinski definition) is 6. The summed E-state index contributed by atoms with van der Waals surface area (Å²) in [5, 5.41) is 15.8. The van der Waals surface area contributed by atoms with Crippen LogP contribution < -0.4 is 31.9 Å². The van der Waals surface area contributed by atoms with Crippen molar-refractivity contribution in [1.29, 1.82) is 0 Å². The minimum atomic E-state index is -0.492. The molecule has 0 radical (unpaired) electrons. The fourth-order valence-electron chi connectivity index (χ4n) is 1.71. The number of carbonyl (C=O) groups excluding carboxylic acids is 4. The van der Waals surface area contributed by atoms with Gasteiger partial charge in [0, 0.05) is 14.1 Å². The largest absolute Gasteiger partial charge is 0.357 e. The Morgan fingerprint density at radius 3 is 1.37 bits per heavy atom. The highest BCUT2D eigenvalue weighted by atomic mass is 16.2. The molecule has 0 aliphatic heterocycles. The van der Waals surface area contributed by atoms with Gasteiger partial charge in [-0.15, -0.1) is 0 Å². The molecule has 4 amide bonds. The normalized spacial score (nSPS) is 14.4. The smallest absolute Gasteiger partial charge is 0.242 e. The molecule has 27 heavy (non-hydrogen) atoms. The van der Waals surface area contributed by atoms with E-state index in [0.29, 0.717) is 6.42 Å². The van der Waals surface area contributed by atoms with Crippen molar-refractivity contribution in [2.75, 3.05) is 28.2 Å². The molecular formula is C17H36N6O4. The van der Waals surface area contributed by atoms with E-state index in [1.807, 2.05) is 6.92 Å². The van der Waals surface area contributed by atoms with Gasteiger partial charge in [-0.1, -0.05) is 6.92 Å². The molecule has 6 N–H and O–H groups in total. The van der Waals surface area contributed by atoms with Crippen LogP contribution in [-0.4, -0.2) is 76.0 Å². The van der Waals surface area contributed by atoms with E-state index in [4.69, 9.17) is 0 Å². The van der Waals surface area contributed by atoms with E-state index in [9.17, 15) is 19.2 Å². The lowest BCUT2D eigenvalue weighted by Crippen LogP contribution is -2.50. The average Bonchev–Trinajstić information content (AvgIpc) is 2.69. The van der Waals surface area contributed by atoms with E-state index >= 15 is 0 Å². The Labute approximate surface area is 162 Å². The molecule has 0 aliphatic rings. The summed E-state index contributed by atoms with van der Waals surface area (Å²) < 4.78 is 0. The number of rotatable bonds is 9. The highest BCUT2D eigenvalue weighted by Gasteiger charge is 2.20. The fraction of sp³-hybridized carbons (Fsp3) is 0.765. The molecule has 0 aromatic heterocycles. The van der Waals surface area contributed by atoms with E-state index in [-0.39, 0.29) is 35.7 Å². The predicted molar refractivity (Wildman–Crippen MR) is 105 cm³/mol. The molecule has 0 aromatic carbocycles. The van der Waals surface area contributed by atoms with Crippen molar-refractivity contribution >= 4 is 23.6 Å². The molecule has 0 saturated carbocycles. The van der Waals surface area contributed by atoms with Gasteiger partial charge < -0.3 is 31.9 Å². The third kappa shape index (κ3) is 11.2. The standard InChI is InChI=1S/C9H19N3O2.C8H17N3O2/c1-5-7(9(14)11-4)12-8(13)6(2)10-3;1-5(9-3)8(13)11-6(2)7(12)10-4/h6-7,10H,5H2,1-4H3,(H,11,14)(H,12,13);5-6,9H,1-4H3,(H,10,12)(H,11,13)/t6-,7-;5-,6-/m00/s1. The molecule has 0 aromatic rings. The van der Waals surface area contributed by atoms with Gasteiger partial charge in [0.05, 0.1) is 12.1 Å². The maximum atomic E-state index is 11.4. The average molecular weight is 389 g/mol. The van der Waals surface area contributed by atoms with Crippen LogP contribution in [0, 0.1) is 0 Å². The van der Waals surface area contributed by atoms with Gasteiger partial charge >= 0.3 is 0 Å². The summed E-state index contributed by atoms with van der Waals surface area (Å²) in [6, 6.07) is -1.50. The first-order valence-electron chi connectivity index (χ1n) is 8.97. The Morgan fingerprint density at radius 1 is 0.630 bits per heavy atom. The van der Waals surface area contributed by atoms with Crippen molar-refractivity contribution in [2.45, 2.75) is 58.3 Å². The second-order valence-electron chi connectivity index (χ2n) is 5.95. The Morgan fingerprint density at radius 2 is 1.04 bits per heavy atom. The lowest BCUT2D eigenvalue weighted by molar-refractivity contribution is -0.129. The molecule has 0 aliphatic carbocycles. The van der Waals surface area contributed by atoms with E-state index in [0.717, 1.165) is 0 Å². The van der Waals surface area contributed by atoms with Gasteiger partial charge in [0.25, 0.3) is 0 Å². The van der Waals surface area contributed by atoms with E-state index in [1.165, 1.54) is 7.05 Å². The number of likely N-dealkylation sites (N-methyl/N-ethyl adjacent to an activating group) is 4. The Bertz CT molecular complexity index is 486. The van der Waals surface area contributed by atoms with Crippen molar-refractivity contribution in [2.24, 2.45) is 0 Å². The second-order valence-corrected chi connectivity index (χ2v) is 5.95. The summed E-state index contributed by atoms with van der Waals surface area (Å²) in [6.07, 6.45) is 0.585. The Balaban J connectivity index is 0. The van der Waals surface area contributed by atoms with Crippen LogP contribution in [-0.2, 0) is 19.2 Å². The van der Waals surface area contributed by atoms with Crippen molar-refractivity contribution in [1.82, 2.24) is 31.9 Å². The molecule has 158 valence electrons. The van der Waals surface area contributed by atoms with E-state index in [1.54, 1.807) is 41.9 Å². The minimum absolute atomic E-state index is 0.163. The summed E-state index contributed by atoms with van der Waals surface area (Å²) in [6.45, 7) is 6.96. The number of carbonyl (C=O) groups is 4. The Kier molecular flexibility index (Phi) is 14.9. The monoisotopic (exact) mass is 388 g/mol. The Hall–Kier alpha value is -2.20. The predicted octanol–water partition coefficient (Wildman–Crippen LogP) is -1.92. The number of amides is 4. The van der Waals surface area contributed by atoms with Crippen molar-refractivity contribution in [3.05, 3.63) is 0 Å². The van der Waals surface area contributed by atoms with Crippen LogP contribution in [0.15, 0.2) is 0 Å². The molecule has 0 unspecified atom stereocenters. The summed E-state index contributed by atoms with van der Waals surface area (Å²) in [4.78, 5) is 44.9. The summed E-state index contributed by atoms with van der Waals surface area (Å²) in [7, 11) is 6.48. The lowest BCUT2D eigenvalue weighted by Gasteiger charge is -2.18. The topological polar surface area (TPSA) is 140 Å². The third-order valence-corrected chi connectivity index (χ3v) is 3.94. The van der Waals surface area contributed by atoms with Gasteiger partial charge in [-0.05, 0) is 41.3 Å². The van der Waals surface area contributed by atoms with Crippen LogP contribution in [0.2, 0.25) is 0 Å². The van der Waals surface area contributed by atoms with Gasteiger partial charge in [0.1, 0.15) is 12.1 Å². The second kappa shape index (κ2) is 14.9. The number of hydrogen-bond acceptors (Lipinski definition) is 6. The molecule has 0 saturated heterocycles. The summed E-state index contributed by atoms with van der Waals surface area (Å²) in [5.74, 6) is -0.706. The molecule has 10 heteroatoms. The summed E-state index contributed by atoms with van der Waals surface area (Å²) >= 11 is 0. The highest BCUT2D eigenvalue weighted by Crippen LogP contribution is 1.92. The first kappa shape index (κ1) is 27.0. The molecule has 0 spiro atoms. The van der Waals surface area contributed by atoms with Crippen LogP contribution in [0.4, 0.5) is 0 Å². The van der Waals surface area contributed by atoms with Crippen LogP contribution >= 0.6 is 0 Å². The van der Waals surface area contributed by atoms with Crippen LogP contribution in [0.5, 0.6) is 0 Å². The third-order valence-electron chi connectivity index (χ3n) is 3.94. The van der Waals surface area contributed by atoms with E-state index < -0.39 is 12.1 Å². The van der Waals surface area contributed by atoms with Crippen molar-refractivity contribution < 1.29 is 19.2 Å². The lowest BCUT2D eigenvalue weighted by atomic mass is 10.2. The van der Waals surface area contributed by atoms with Gasteiger partial charge in [-0.25, -0.2) is 0 Å². The van der Waals surface area contributed by atoms with E-state index in [2.05, 4.69) is 31.9 Å². The molecule has 0 heterocycles. The molecular weight excluding hydrogens is 352 g/mol. The summed E-state index contributed by atoms with van der Waals surface area (Å²) in [5.41, 5.74) is 0. The van der Waals surface area contributed by atoms with Gasteiger partial charge in [-0.2, -0.15) is 0 Å². The van der Waals surface area contributed by atoms with Crippen LogP contribution in [0.25, 0.3) is 0 Å². The SMILES string of the molecule is CC[C@H](NC(=O)[C@H](C)NC)C(=O)NC.CNC(=O)[C@H](C)NC(=O)[C@H](C)NC. The van der Waals surface area contributed by atoms with Gasteiger partial charge in [-0.3, -0.25) is 19.2 Å². The maximum Gasteiger partial charge on any atom is 0.242 e. The molecule has 0 bridgehead atoms. The zero-order valence-corrected chi connectivity index (χ0v) is 17.6. The van der Waals surface area contributed by atoms with Crippen molar-refractivity contribution in [3.8, 4) is 0 Å². The first-order chi connectivity index (χ1) is 12.6. The molecule has 10 nitrogen and oxygen atoms in total. The van der Waals surface area contributed by atoms with Gasteiger partial charge in [0.2, 0.25) is 23.6 Å². The number of nitrogens with one attached hydrogen (secondary N) is 6. The van der Waals surface area contributed by atoms with Crippen LogP contribution in [0.3, 0.4) is 0 Å².